The van der Waals surface area contributed by atoms with Gasteiger partial charge in [0.05, 0.1) is 12.7 Å². The Balaban J connectivity index is 2.11. The van der Waals surface area contributed by atoms with Crippen LogP contribution in [0.15, 0.2) is 0 Å². The summed E-state index contributed by atoms with van der Waals surface area (Å²) in [5, 5.41) is 58.8. The summed E-state index contributed by atoms with van der Waals surface area (Å²) in [5.41, 5.74) is 0. The molecule has 2 aliphatic rings. The first-order valence-corrected chi connectivity index (χ1v) is 7.32. The molecule has 10 atom stereocenters. The van der Waals surface area contributed by atoms with E-state index in [1.807, 2.05) is 0 Å². The molecule has 10 nitrogen and oxygen atoms in total. The van der Waals surface area contributed by atoms with E-state index in [9.17, 15) is 25.5 Å². The maximum atomic E-state index is 10.1. The fourth-order valence-corrected chi connectivity index (χ4v) is 2.69. The van der Waals surface area contributed by atoms with E-state index >= 15 is 0 Å². The van der Waals surface area contributed by atoms with Crippen molar-refractivity contribution in [1.82, 2.24) is 0 Å². The monoisotopic (exact) mass is 340 g/mol. The molecule has 10 heteroatoms. The van der Waals surface area contributed by atoms with Gasteiger partial charge in [-0.1, -0.05) is 0 Å². The lowest BCUT2D eigenvalue weighted by Gasteiger charge is -2.45. The van der Waals surface area contributed by atoms with E-state index in [4.69, 9.17) is 24.1 Å². The fraction of sp³-hybridized carbons (Fsp3) is 1.00. The predicted octanol–water partition coefficient (Wildman–Crippen LogP) is -3.72. The molecule has 0 amide bonds. The van der Waals surface area contributed by atoms with Crippen molar-refractivity contribution in [2.24, 2.45) is 0 Å². The quantitative estimate of drug-likeness (QED) is 0.300. The van der Waals surface area contributed by atoms with Crippen LogP contribution in [0.2, 0.25) is 0 Å². The Labute approximate surface area is 132 Å². The largest absolute Gasteiger partial charge is 0.394 e. The molecule has 2 rings (SSSR count). The molecule has 0 aromatic heterocycles. The fourth-order valence-electron chi connectivity index (χ4n) is 2.69. The first kappa shape index (κ1) is 18.9. The van der Waals surface area contributed by atoms with Crippen LogP contribution in [-0.4, -0.2) is 106 Å². The maximum Gasteiger partial charge on any atom is 0.187 e. The van der Waals surface area contributed by atoms with Gasteiger partial charge in [0.1, 0.15) is 42.7 Å². The standard InChI is InChI=1S/C13H24O10/c1-4-6(15)11(10(19)12(20-2)21-4)23-13-9(18)8(17)7(16)5(3-14)22-13/h4-19H,3H2,1-2H3. The summed E-state index contributed by atoms with van der Waals surface area (Å²) in [6, 6.07) is 0. The minimum Gasteiger partial charge on any atom is -0.394 e. The Morgan fingerprint density at radius 3 is 2.04 bits per heavy atom. The van der Waals surface area contributed by atoms with Crippen molar-refractivity contribution in [3.8, 4) is 0 Å². The van der Waals surface area contributed by atoms with Gasteiger partial charge in [0.15, 0.2) is 12.6 Å². The van der Waals surface area contributed by atoms with Crippen LogP contribution >= 0.6 is 0 Å². The molecular weight excluding hydrogens is 316 g/mol. The van der Waals surface area contributed by atoms with Crippen LogP contribution < -0.4 is 0 Å². The molecule has 0 bridgehead atoms. The third kappa shape index (κ3) is 3.66. The van der Waals surface area contributed by atoms with Crippen molar-refractivity contribution in [2.45, 2.75) is 68.3 Å². The molecule has 23 heavy (non-hydrogen) atoms. The molecule has 0 saturated carbocycles. The summed E-state index contributed by atoms with van der Waals surface area (Å²) < 4.78 is 20.8. The molecule has 2 saturated heterocycles. The van der Waals surface area contributed by atoms with Crippen LogP contribution in [0.3, 0.4) is 0 Å². The molecule has 0 radical (unpaired) electrons. The van der Waals surface area contributed by atoms with E-state index in [1.54, 1.807) is 6.92 Å². The third-order valence-corrected chi connectivity index (χ3v) is 4.15. The molecule has 10 unspecified atom stereocenters. The second kappa shape index (κ2) is 7.66. The maximum absolute atomic E-state index is 10.1. The van der Waals surface area contributed by atoms with Gasteiger partial charge >= 0.3 is 0 Å². The topological polar surface area (TPSA) is 158 Å². The number of methoxy groups -OCH3 is 1. The van der Waals surface area contributed by atoms with E-state index in [-0.39, 0.29) is 0 Å². The highest BCUT2D eigenvalue weighted by atomic mass is 16.7. The third-order valence-electron chi connectivity index (χ3n) is 4.15. The minimum atomic E-state index is -1.63. The van der Waals surface area contributed by atoms with Gasteiger partial charge in [-0.15, -0.1) is 0 Å². The molecule has 0 aromatic rings. The summed E-state index contributed by atoms with van der Waals surface area (Å²) in [4.78, 5) is 0. The van der Waals surface area contributed by atoms with Gasteiger partial charge < -0.3 is 49.6 Å². The van der Waals surface area contributed by atoms with Crippen molar-refractivity contribution in [3.05, 3.63) is 0 Å². The zero-order valence-electron chi connectivity index (χ0n) is 12.8. The smallest absolute Gasteiger partial charge is 0.187 e. The van der Waals surface area contributed by atoms with Crippen LogP contribution in [0.25, 0.3) is 0 Å². The molecule has 2 fully saturated rings. The van der Waals surface area contributed by atoms with E-state index < -0.39 is 68.0 Å². The van der Waals surface area contributed by atoms with Gasteiger partial charge in [0, 0.05) is 7.11 Å². The number of aliphatic hydroxyl groups is 6. The van der Waals surface area contributed by atoms with Gasteiger partial charge in [-0.3, -0.25) is 0 Å². The highest BCUT2D eigenvalue weighted by Crippen LogP contribution is 2.29. The van der Waals surface area contributed by atoms with Gasteiger partial charge in [-0.25, -0.2) is 0 Å². The van der Waals surface area contributed by atoms with Gasteiger partial charge in [-0.05, 0) is 6.92 Å². The van der Waals surface area contributed by atoms with Crippen molar-refractivity contribution in [2.75, 3.05) is 13.7 Å². The SMILES string of the molecule is COC1OC(C)C(O)C(OC2OC(CO)C(O)C(O)C2O)C1O. The van der Waals surface area contributed by atoms with E-state index in [0.717, 1.165) is 0 Å². The van der Waals surface area contributed by atoms with Crippen molar-refractivity contribution in [3.63, 3.8) is 0 Å². The zero-order chi connectivity index (χ0) is 17.3. The summed E-state index contributed by atoms with van der Waals surface area (Å²) >= 11 is 0. The summed E-state index contributed by atoms with van der Waals surface area (Å²) in [6.07, 6.45) is -13.0. The lowest BCUT2D eigenvalue weighted by atomic mass is 9.97. The summed E-state index contributed by atoms with van der Waals surface area (Å²) in [7, 11) is 1.31. The summed E-state index contributed by atoms with van der Waals surface area (Å²) in [5.74, 6) is 0. The summed E-state index contributed by atoms with van der Waals surface area (Å²) in [6.45, 7) is 0.938. The lowest BCUT2D eigenvalue weighted by Crippen LogP contribution is -2.64. The van der Waals surface area contributed by atoms with Crippen LogP contribution in [-0.2, 0) is 18.9 Å². The van der Waals surface area contributed by atoms with Crippen LogP contribution in [0, 0.1) is 0 Å². The van der Waals surface area contributed by atoms with Gasteiger partial charge in [-0.2, -0.15) is 0 Å². The Morgan fingerprint density at radius 1 is 0.826 bits per heavy atom. The predicted molar refractivity (Wildman–Crippen MR) is 72.0 cm³/mol. The molecule has 0 spiro atoms. The second-order valence-corrected chi connectivity index (χ2v) is 5.72. The molecule has 6 N–H and O–H groups in total. The second-order valence-electron chi connectivity index (χ2n) is 5.72. The molecule has 2 heterocycles. The zero-order valence-corrected chi connectivity index (χ0v) is 12.8. The van der Waals surface area contributed by atoms with Crippen molar-refractivity contribution < 1.29 is 49.6 Å². The average Bonchev–Trinajstić information content (AvgIpc) is 2.54. The molecule has 0 aliphatic carbocycles. The molecule has 0 aromatic carbocycles. The van der Waals surface area contributed by atoms with Crippen molar-refractivity contribution in [1.29, 1.82) is 0 Å². The first-order chi connectivity index (χ1) is 10.8. The number of hydrogen-bond acceptors (Lipinski definition) is 10. The number of rotatable bonds is 4. The molecular formula is C13H24O10. The molecule has 2 aliphatic heterocycles. The highest BCUT2D eigenvalue weighted by molar-refractivity contribution is 4.93. The van der Waals surface area contributed by atoms with E-state index in [2.05, 4.69) is 0 Å². The normalized spacial score (nSPS) is 51.7. The van der Waals surface area contributed by atoms with Gasteiger partial charge in [0.25, 0.3) is 0 Å². The van der Waals surface area contributed by atoms with E-state index in [0.29, 0.717) is 0 Å². The number of aliphatic hydroxyl groups excluding tert-OH is 6. The van der Waals surface area contributed by atoms with Gasteiger partial charge in [0.2, 0.25) is 0 Å². The Kier molecular flexibility index (Phi) is 6.30. The molecule has 136 valence electrons. The first-order valence-electron chi connectivity index (χ1n) is 7.32. The number of hydrogen-bond donors (Lipinski definition) is 6. The lowest BCUT2D eigenvalue weighted by molar-refractivity contribution is -0.355. The van der Waals surface area contributed by atoms with Crippen LogP contribution in [0.4, 0.5) is 0 Å². The minimum absolute atomic E-state index is 0.610. The average molecular weight is 340 g/mol. The number of ether oxygens (including phenoxy) is 4. The van der Waals surface area contributed by atoms with E-state index in [1.165, 1.54) is 7.11 Å². The highest BCUT2D eigenvalue weighted by Gasteiger charge is 2.49. The van der Waals surface area contributed by atoms with Crippen molar-refractivity contribution >= 4 is 0 Å². The van der Waals surface area contributed by atoms with Crippen LogP contribution in [0.1, 0.15) is 6.92 Å². The van der Waals surface area contributed by atoms with Crippen LogP contribution in [0.5, 0.6) is 0 Å². The Hall–Kier alpha value is -0.400. The Morgan fingerprint density at radius 2 is 1.48 bits per heavy atom. The Bertz CT molecular complexity index is 380.